The van der Waals surface area contributed by atoms with Crippen molar-refractivity contribution in [3.63, 3.8) is 0 Å². The van der Waals surface area contributed by atoms with Crippen LogP contribution in [0.5, 0.6) is 0 Å². The fourth-order valence-electron chi connectivity index (χ4n) is 4.13. The lowest BCUT2D eigenvalue weighted by molar-refractivity contribution is -0.137. The molecule has 2 aliphatic rings. The highest BCUT2D eigenvalue weighted by Crippen LogP contribution is 2.29. The predicted octanol–water partition coefficient (Wildman–Crippen LogP) is 1.67. The van der Waals surface area contributed by atoms with Crippen molar-refractivity contribution < 1.29 is 28.7 Å². The van der Waals surface area contributed by atoms with Gasteiger partial charge >= 0.3 is 5.97 Å². The SMILES string of the molecule is C/C=C\C=C(/C)[C@H](NC(=O)[C@@H](NC(=O)C1CC1)C(C)C)C(=O)N[C@H](/C=C/C(=O)OCC)C[C@@H]1CCNC1=O. The minimum atomic E-state index is -1.03. The van der Waals surface area contributed by atoms with Crippen LogP contribution < -0.4 is 21.3 Å². The van der Waals surface area contributed by atoms with E-state index in [1.165, 1.54) is 12.2 Å². The average Bonchev–Trinajstić information content (AvgIpc) is 3.65. The molecule has 38 heavy (non-hydrogen) atoms. The van der Waals surface area contributed by atoms with Crippen molar-refractivity contribution in [3.8, 4) is 0 Å². The van der Waals surface area contributed by atoms with Gasteiger partial charge < -0.3 is 26.0 Å². The fraction of sp³-hybridized carbons (Fsp3) is 0.607. The second-order valence-electron chi connectivity index (χ2n) is 10.1. The molecule has 0 aromatic rings. The first-order valence-electron chi connectivity index (χ1n) is 13.4. The van der Waals surface area contributed by atoms with Crippen molar-refractivity contribution in [2.45, 2.75) is 78.4 Å². The van der Waals surface area contributed by atoms with Gasteiger partial charge in [0.1, 0.15) is 12.1 Å². The normalized spacial score (nSPS) is 20.2. The Hall–Kier alpha value is -3.43. The zero-order valence-electron chi connectivity index (χ0n) is 23.0. The Morgan fingerprint density at radius 2 is 1.79 bits per heavy atom. The number of carbonyl (C=O) groups is 5. The Labute approximate surface area is 225 Å². The summed E-state index contributed by atoms with van der Waals surface area (Å²) in [6.45, 7) is 9.68. The fourth-order valence-corrected chi connectivity index (χ4v) is 4.13. The minimum absolute atomic E-state index is 0.0563. The van der Waals surface area contributed by atoms with E-state index in [2.05, 4.69) is 21.3 Å². The lowest BCUT2D eigenvalue weighted by Gasteiger charge is -2.27. The number of nitrogens with one attached hydrogen (secondary N) is 4. The van der Waals surface area contributed by atoms with E-state index in [0.29, 0.717) is 18.5 Å². The van der Waals surface area contributed by atoms with Crippen LogP contribution in [-0.2, 0) is 28.7 Å². The summed E-state index contributed by atoms with van der Waals surface area (Å²) in [4.78, 5) is 63.2. The lowest BCUT2D eigenvalue weighted by atomic mass is 9.97. The highest BCUT2D eigenvalue weighted by atomic mass is 16.5. The number of rotatable bonds is 14. The molecule has 1 saturated carbocycles. The minimum Gasteiger partial charge on any atom is -0.463 e. The maximum Gasteiger partial charge on any atom is 0.330 e. The summed E-state index contributed by atoms with van der Waals surface area (Å²) in [6.07, 6.45) is 10.6. The van der Waals surface area contributed by atoms with Gasteiger partial charge in [-0.15, -0.1) is 0 Å². The van der Waals surface area contributed by atoms with Crippen LogP contribution in [0.1, 0.15) is 60.3 Å². The molecule has 0 bridgehead atoms. The van der Waals surface area contributed by atoms with Crippen molar-refractivity contribution in [2.24, 2.45) is 17.8 Å². The molecule has 1 aliphatic heterocycles. The van der Waals surface area contributed by atoms with Crippen LogP contribution in [0.4, 0.5) is 0 Å². The monoisotopic (exact) mass is 530 g/mol. The molecule has 10 nitrogen and oxygen atoms in total. The van der Waals surface area contributed by atoms with Crippen molar-refractivity contribution in [1.29, 1.82) is 0 Å². The van der Waals surface area contributed by atoms with Gasteiger partial charge in [-0.25, -0.2) is 4.79 Å². The van der Waals surface area contributed by atoms with E-state index in [1.807, 2.05) is 20.8 Å². The molecule has 2 rings (SSSR count). The van der Waals surface area contributed by atoms with Crippen molar-refractivity contribution in [3.05, 3.63) is 36.0 Å². The third kappa shape index (κ3) is 9.79. The summed E-state index contributed by atoms with van der Waals surface area (Å²) in [6, 6.07) is -2.48. The number of hydrogen-bond donors (Lipinski definition) is 4. The molecule has 10 heteroatoms. The van der Waals surface area contributed by atoms with E-state index < -0.39 is 35.9 Å². The number of carbonyl (C=O) groups excluding carboxylic acids is 5. The summed E-state index contributed by atoms with van der Waals surface area (Å²) >= 11 is 0. The highest BCUT2D eigenvalue weighted by molar-refractivity contribution is 5.94. The Kier molecular flexibility index (Phi) is 12.2. The molecule has 0 radical (unpaired) electrons. The second-order valence-corrected chi connectivity index (χ2v) is 10.1. The maximum atomic E-state index is 13.5. The number of amides is 4. The molecular formula is C28H42N4O6. The zero-order valence-corrected chi connectivity index (χ0v) is 23.0. The van der Waals surface area contributed by atoms with Crippen molar-refractivity contribution in [2.75, 3.05) is 13.2 Å². The van der Waals surface area contributed by atoms with Crippen LogP contribution in [-0.4, -0.2) is 60.9 Å². The Morgan fingerprint density at radius 3 is 2.34 bits per heavy atom. The molecule has 4 N–H and O–H groups in total. The molecule has 2 fully saturated rings. The van der Waals surface area contributed by atoms with Crippen LogP contribution in [0.25, 0.3) is 0 Å². The molecule has 1 saturated heterocycles. The molecular weight excluding hydrogens is 488 g/mol. The number of ether oxygens (including phenoxy) is 1. The Morgan fingerprint density at radius 1 is 1.08 bits per heavy atom. The molecule has 0 aromatic carbocycles. The van der Waals surface area contributed by atoms with Gasteiger partial charge in [0.15, 0.2) is 0 Å². The molecule has 210 valence electrons. The van der Waals surface area contributed by atoms with Gasteiger partial charge in [-0.2, -0.15) is 0 Å². The van der Waals surface area contributed by atoms with E-state index in [-0.39, 0.29) is 42.6 Å². The molecule has 0 unspecified atom stereocenters. The Balaban J connectivity index is 2.24. The highest BCUT2D eigenvalue weighted by Gasteiger charge is 2.35. The molecule has 4 atom stereocenters. The van der Waals surface area contributed by atoms with Gasteiger partial charge in [0, 0.05) is 30.5 Å². The topological polar surface area (TPSA) is 143 Å². The van der Waals surface area contributed by atoms with E-state index in [1.54, 1.807) is 32.1 Å². The van der Waals surface area contributed by atoms with E-state index in [4.69, 9.17) is 4.74 Å². The van der Waals surface area contributed by atoms with Gasteiger partial charge in [-0.1, -0.05) is 38.2 Å². The quantitative estimate of drug-likeness (QED) is 0.153. The predicted molar refractivity (Wildman–Crippen MR) is 143 cm³/mol. The van der Waals surface area contributed by atoms with Crippen LogP contribution in [0, 0.1) is 17.8 Å². The van der Waals surface area contributed by atoms with Gasteiger partial charge in [-0.05, 0) is 57.9 Å². The van der Waals surface area contributed by atoms with Crippen molar-refractivity contribution >= 4 is 29.6 Å². The summed E-state index contributed by atoms with van der Waals surface area (Å²) in [5, 5.41) is 11.3. The molecule has 1 aliphatic carbocycles. The summed E-state index contributed by atoms with van der Waals surface area (Å²) in [5.41, 5.74) is 0.580. The molecule has 4 amide bonds. The van der Waals surface area contributed by atoms with Crippen LogP contribution in [0.15, 0.2) is 36.0 Å². The molecule has 0 aromatic heterocycles. The average molecular weight is 531 g/mol. The van der Waals surface area contributed by atoms with E-state index in [0.717, 1.165) is 12.8 Å². The van der Waals surface area contributed by atoms with Gasteiger partial charge in [0.2, 0.25) is 23.6 Å². The summed E-state index contributed by atoms with van der Waals surface area (Å²) < 4.78 is 4.95. The lowest BCUT2D eigenvalue weighted by Crippen LogP contribution is -2.56. The molecule has 1 heterocycles. The number of hydrogen-bond acceptors (Lipinski definition) is 6. The van der Waals surface area contributed by atoms with Crippen LogP contribution >= 0.6 is 0 Å². The second kappa shape index (κ2) is 15.1. The molecule has 0 spiro atoms. The zero-order chi connectivity index (χ0) is 28.2. The standard InChI is InChI=1S/C28H42N4O6/c1-6-8-9-18(5)24(32-27(36)23(17(3)4)31-26(35)19-10-11-19)28(37)30-21(12-13-22(33)38-7-2)16-20-14-15-29-25(20)34/h6,8-9,12-13,17,19-21,23-24H,7,10-11,14-16H2,1-5H3,(H,29,34)(H,30,37)(H,31,35)(H,32,36)/b8-6-,13-12+,18-9+/t20-,21+,23-,24-/m0/s1. The summed E-state index contributed by atoms with van der Waals surface area (Å²) in [5.74, 6) is -2.33. The summed E-state index contributed by atoms with van der Waals surface area (Å²) in [7, 11) is 0. The number of esters is 1. The van der Waals surface area contributed by atoms with Gasteiger partial charge in [0.05, 0.1) is 6.61 Å². The van der Waals surface area contributed by atoms with Gasteiger partial charge in [-0.3, -0.25) is 19.2 Å². The third-order valence-electron chi connectivity index (χ3n) is 6.53. The maximum absolute atomic E-state index is 13.5. The third-order valence-corrected chi connectivity index (χ3v) is 6.53. The van der Waals surface area contributed by atoms with Crippen LogP contribution in [0.2, 0.25) is 0 Å². The van der Waals surface area contributed by atoms with Crippen molar-refractivity contribution in [1.82, 2.24) is 21.3 Å². The van der Waals surface area contributed by atoms with E-state index >= 15 is 0 Å². The first kappa shape index (κ1) is 30.8. The van der Waals surface area contributed by atoms with E-state index in [9.17, 15) is 24.0 Å². The first-order chi connectivity index (χ1) is 18.1. The first-order valence-corrected chi connectivity index (χ1v) is 13.4. The smallest absolute Gasteiger partial charge is 0.330 e. The van der Waals surface area contributed by atoms with Crippen LogP contribution in [0.3, 0.4) is 0 Å². The van der Waals surface area contributed by atoms with Gasteiger partial charge in [0.25, 0.3) is 0 Å². The largest absolute Gasteiger partial charge is 0.463 e. The Bertz CT molecular complexity index is 966. The number of allylic oxidation sites excluding steroid dienone is 3.